The van der Waals surface area contributed by atoms with E-state index in [-0.39, 0.29) is 40.3 Å². The number of rotatable bonds is 7. The minimum atomic E-state index is -1.29. The van der Waals surface area contributed by atoms with E-state index >= 15 is 0 Å². The molecular formula is C18H22FN3O5. The summed E-state index contributed by atoms with van der Waals surface area (Å²) in [6, 6.07) is 3.12. The molecule has 1 aromatic carbocycles. The lowest BCUT2D eigenvalue weighted by Gasteiger charge is -2.24. The van der Waals surface area contributed by atoms with Crippen LogP contribution < -0.4 is 10.1 Å². The summed E-state index contributed by atoms with van der Waals surface area (Å²) < 4.78 is 23.8. The molecule has 1 aromatic heterocycles. The van der Waals surface area contributed by atoms with Crippen molar-refractivity contribution >= 4 is 17.7 Å². The molecule has 1 heterocycles. The lowest BCUT2D eigenvalue weighted by molar-refractivity contribution is -0.130. The highest BCUT2D eigenvalue weighted by Gasteiger charge is 2.30. The lowest BCUT2D eigenvalue weighted by Crippen LogP contribution is -2.42. The maximum Gasteiger partial charge on any atom is 0.343 e. The Bertz CT molecular complexity index is 848. The van der Waals surface area contributed by atoms with Crippen LogP contribution in [0, 0.1) is 11.7 Å². The van der Waals surface area contributed by atoms with Crippen LogP contribution in [0.15, 0.2) is 22.7 Å². The first-order valence-corrected chi connectivity index (χ1v) is 8.21. The molecule has 0 bridgehead atoms. The molecule has 0 radical (unpaired) electrons. The number of hydrogen-bond donors (Lipinski definition) is 2. The highest BCUT2D eigenvalue weighted by Crippen LogP contribution is 2.33. The fourth-order valence-electron chi connectivity index (χ4n) is 2.52. The number of aromatic carboxylic acids is 1. The standard InChI is InChI=1S/C18H22FN3O5/c1-9(2)14(17(23)22(3)4)20-16-13(18(24)25)15(27-21-16)10-6-7-11(19)12(8-10)26-5/h6-9,14H,1-5H3,(H,20,21)(H,24,25). The third-order valence-corrected chi connectivity index (χ3v) is 3.98. The van der Waals surface area contributed by atoms with Crippen molar-refractivity contribution in [1.29, 1.82) is 0 Å². The molecule has 0 aliphatic rings. The number of anilines is 1. The van der Waals surface area contributed by atoms with Crippen LogP contribution in [0.3, 0.4) is 0 Å². The Kier molecular flexibility index (Phi) is 6.04. The molecule has 2 aromatic rings. The number of aromatic nitrogens is 1. The third-order valence-electron chi connectivity index (χ3n) is 3.98. The van der Waals surface area contributed by atoms with Gasteiger partial charge in [-0.3, -0.25) is 4.79 Å². The average Bonchev–Trinajstić information content (AvgIpc) is 3.03. The summed E-state index contributed by atoms with van der Waals surface area (Å²) in [6.45, 7) is 3.65. The molecule has 1 amide bonds. The number of carboxylic acid groups (broad SMARTS) is 1. The normalized spacial score (nSPS) is 12.0. The number of nitrogens with zero attached hydrogens (tertiary/aromatic N) is 2. The van der Waals surface area contributed by atoms with E-state index in [1.54, 1.807) is 14.1 Å². The monoisotopic (exact) mass is 379 g/mol. The van der Waals surface area contributed by atoms with Crippen LogP contribution >= 0.6 is 0 Å². The molecule has 2 rings (SSSR count). The maximum atomic E-state index is 13.6. The van der Waals surface area contributed by atoms with Gasteiger partial charge in [0.15, 0.2) is 28.7 Å². The fourth-order valence-corrected chi connectivity index (χ4v) is 2.52. The van der Waals surface area contributed by atoms with E-state index in [4.69, 9.17) is 9.26 Å². The van der Waals surface area contributed by atoms with Gasteiger partial charge in [0.25, 0.3) is 0 Å². The van der Waals surface area contributed by atoms with Crippen LogP contribution in [0.4, 0.5) is 10.2 Å². The first kappa shape index (κ1) is 20.2. The zero-order valence-electron chi connectivity index (χ0n) is 15.7. The largest absolute Gasteiger partial charge is 0.494 e. The Labute approximate surface area is 155 Å². The van der Waals surface area contributed by atoms with Gasteiger partial charge in [0.2, 0.25) is 5.91 Å². The van der Waals surface area contributed by atoms with Crippen LogP contribution in [-0.4, -0.2) is 54.3 Å². The Morgan fingerprint density at radius 1 is 1.33 bits per heavy atom. The van der Waals surface area contributed by atoms with Gasteiger partial charge in [0.1, 0.15) is 6.04 Å². The van der Waals surface area contributed by atoms with E-state index in [2.05, 4.69) is 10.5 Å². The third kappa shape index (κ3) is 4.18. The van der Waals surface area contributed by atoms with Crippen molar-refractivity contribution in [2.45, 2.75) is 19.9 Å². The van der Waals surface area contributed by atoms with Gasteiger partial charge >= 0.3 is 5.97 Å². The molecule has 2 N–H and O–H groups in total. The topological polar surface area (TPSA) is 105 Å². The molecule has 0 aliphatic carbocycles. The van der Waals surface area contributed by atoms with E-state index < -0.39 is 17.8 Å². The number of carbonyl (C=O) groups excluding carboxylic acids is 1. The van der Waals surface area contributed by atoms with E-state index in [0.29, 0.717) is 0 Å². The number of halogens is 1. The highest BCUT2D eigenvalue weighted by molar-refractivity contribution is 6.00. The molecule has 1 atom stereocenters. The minimum Gasteiger partial charge on any atom is -0.494 e. The molecule has 146 valence electrons. The van der Waals surface area contributed by atoms with Gasteiger partial charge in [-0.2, -0.15) is 0 Å². The molecule has 8 nitrogen and oxygen atoms in total. The number of likely N-dealkylation sites (N-methyl/N-ethyl adjacent to an activating group) is 1. The molecular weight excluding hydrogens is 357 g/mol. The summed E-state index contributed by atoms with van der Waals surface area (Å²) in [5.41, 5.74) is 0.0344. The van der Waals surface area contributed by atoms with E-state index in [0.717, 1.165) is 6.07 Å². The van der Waals surface area contributed by atoms with Crippen LogP contribution in [0.25, 0.3) is 11.3 Å². The van der Waals surface area contributed by atoms with Gasteiger partial charge in [0.05, 0.1) is 7.11 Å². The summed E-state index contributed by atoms with van der Waals surface area (Å²) in [5.74, 6) is -2.44. The van der Waals surface area contributed by atoms with Crippen LogP contribution in [0.1, 0.15) is 24.2 Å². The molecule has 0 aliphatic heterocycles. The summed E-state index contributed by atoms with van der Waals surface area (Å²) in [6.07, 6.45) is 0. The van der Waals surface area contributed by atoms with Gasteiger partial charge in [-0.05, 0) is 24.1 Å². The summed E-state index contributed by atoms with van der Waals surface area (Å²) in [5, 5.41) is 16.3. The quantitative estimate of drug-likeness (QED) is 0.762. The summed E-state index contributed by atoms with van der Waals surface area (Å²) >= 11 is 0. The van der Waals surface area contributed by atoms with Crippen LogP contribution in [-0.2, 0) is 4.79 Å². The molecule has 0 fully saturated rings. The number of benzene rings is 1. The second-order valence-corrected chi connectivity index (χ2v) is 6.49. The van der Waals surface area contributed by atoms with Gasteiger partial charge in [0, 0.05) is 19.7 Å². The molecule has 0 saturated heterocycles. The predicted octanol–water partition coefficient (Wildman–Crippen LogP) is 2.71. The smallest absolute Gasteiger partial charge is 0.343 e. The molecule has 27 heavy (non-hydrogen) atoms. The molecule has 0 saturated carbocycles. The Morgan fingerprint density at radius 2 is 2.00 bits per heavy atom. The van der Waals surface area contributed by atoms with E-state index in [9.17, 15) is 19.1 Å². The molecule has 9 heteroatoms. The number of nitrogens with one attached hydrogen (secondary N) is 1. The number of carboxylic acids is 1. The minimum absolute atomic E-state index is 0.0578. The van der Waals surface area contributed by atoms with Gasteiger partial charge in [-0.25, -0.2) is 9.18 Å². The van der Waals surface area contributed by atoms with Crippen molar-refractivity contribution in [3.05, 3.63) is 29.6 Å². The van der Waals surface area contributed by atoms with Crippen molar-refractivity contribution in [2.24, 2.45) is 5.92 Å². The van der Waals surface area contributed by atoms with Crippen molar-refractivity contribution < 1.29 is 28.3 Å². The average molecular weight is 379 g/mol. The second kappa shape index (κ2) is 8.07. The number of amides is 1. The highest BCUT2D eigenvalue weighted by atomic mass is 19.1. The first-order chi connectivity index (χ1) is 12.7. The van der Waals surface area contributed by atoms with Gasteiger partial charge < -0.3 is 24.6 Å². The predicted molar refractivity (Wildman–Crippen MR) is 96.4 cm³/mol. The SMILES string of the molecule is COc1cc(-c2onc(NC(C(=O)N(C)C)C(C)C)c2C(=O)O)ccc1F. The van der Waals surface area contributed by atoms with Crippen LogP contribution in [0.2, 0.25) is 0 Å². The van der Waals surface area contributed by atoms with Crippen molar-refractivity contribution in [2.75, 3.05) is 26.5 Å². The zero-order chi connectivity index (χ0) is 20.3. The molecule has 1 unspecified atom stereocenters. The number of ether oxygens (including phenoxy) is 1. The maximum absolute atomic E-state index is 13.6. The number of hydrogen-bond acceptors (Lipinski definition) is 6. The van der Waals surface area contributed by atoms with Crippen LogP contribution in [0.5, 0.6) is 5.75 Å². The Hall–Kier alpha value is -3.10. The number of methoxy groups -OCH3 is 1. The van der Waals surface area contributed by atoms with Gasteiger partial charge in [-0.1, -0.05) is 19.0 Å². The molecule has 0 spiro atoms. The Balaban J connectivity index is 2.49. The van der Waals surface area contributed by atoms with E-state index in [1.807, 2.05) is 13.8 Å². The van der Waals surface area contributed by atoms with Crippen molar-refractivity contribution in [3.8, 4) is 17.1 Å². The number of carbonyl (C=O) groups is 2. The van der Waals surface area contributed by atoms with Crippen molar-refractivity contribution in [3.63, 3.8) is 0 Å². The summed E-state index contributed by atoms with van der Waals surface area (Å²) in [4.78, 5) is 25.6. The first-order valence-electron chi connectivity index (χ1n) is 8.21. The summed E-state index contributed by atoms with van der Waals surface area (Å²) in [7, 11) is 4.51. The second-order valence-electron chi connectivity index (χ2n) is 6.49. The van der Waals surface area contributed by atoms with Gasteiger partial charge in [-0.15, -0.1) is 0 Å². The Morgan fingerprint density at radius 3 is 2.52 bits per heavy atom. The lowest BCUT2D eigenvalue weighted by atomic mass is 10.0. The van der Waals surface area contributed by atoms with Crippen molar-refractivity contribution in [1.82, 2.24) is 10.1 Å². The van der Waals surface area contributed by atoms with E-state index in [1.165, 1.54) is 24.1 Å². The fraction of sp³-hybridized carbons (Fsp3) is 0.389. The zero-order valence-corrected chi connectivity index (χ0v) is 15.7.